The first-order valence-electron chi connectivity index (χ1n) is 9.96. The molecule has 1 saturated carbocycles. The van der Waals surface area contributed by atoms with Crippen LogP contribution in [0.25, 0.3) is 10.9 Å². The van der Waals surface area contributed by atoms with E-state index >= 15 is 0 Å². The number of amides is 2. The molecule has 1 aliphatic rings. The summed E-state index contributed by atoms with van der Waals surface area (Å²) in [6, 6.07) is 9.25. The maximum atomic E-state index is 13.0. The molecule has 0 unspecified atom stereocenters. The summed E-state index contributed by atoms with van der Waals surface area (Å²) in [6.45, 7) is 0.241. The van der Waals surface area contributed by atoms with Crippen molar-refractivity contribution in [1.29, 1.82) is 0 Å². The molecule has 1 aromatic carbocycles. The van der Waals surface area contributed by atoms with Crippen LogP contribution in [-0.2, 0) is 13.0 Å². The topological polar surface area (TPSA) is 118 Å². The molecule has 0 aliphatic heterocycles. The molecule has 2 aromatic heterocycles. The van der Waals surface area contributed by atoms with Crippen LogP contribution in [0, 0.1) is 0 Å². The number of pyridine rings is 1. The van der Waals surface area contributed by atoms with Gasteiger partial charge >= 0.3 is 0 Å². The lowest BCUT2D eigenvalue weighted by Crippen LogP contribution is -2.33. The summed E-state index contributed by atoms with van der Waals surface area (Å²) in [5.41, 5.74) is 2.31. The number of fused-ring (bicyclic) bond motifs is 1. The van der Waals surface area contributed by atoms with Crippen molar-refractivity contribution in [2.75, 3.05) is 13.7 Å². The normalized spacial score (nSPS) is 13.4. The van der Waals surface area contributed by atoms with E-state index in [1.807, 2.05) is 24.3 Å². The summed E-state index contributed by atoms with van der Waals surface area (Å²) in [5, 5.41) is 13.2. The predicted molar refractivity (Wildman–Crippen MR) is 112 cm³/mol. The fraction of sp³-hybridized carbons (Fsp3) is 0.318. The van der Waals surface area contributed by atoms with Crippen LogP contribution in [0.2, 0.25) is 0 Å². The number of aliphatic hydroxyl groups excluding tert-OH is 1. The van der Waals surface area contributed by atoms with Gasteiger partial charge in [-0.15, -0.1) is 0 Å². The molecule has 1 fully saturated rings. The van der Waals surface area contributed by atoms with Crippen LogP contribution < -0.4 is 10.9 Å². The minimum Gasteiger partial charge on any atom is -0.396 e. The van der Waals surface area contributed by atoms with E-state index in [2.05, 4.69) is 15.3 Å². The second-order valence-electron chi connectivity index (χ2n) is 7.64. The fourth-order valence-electron chi connectivity index (χ4n) is 3.55. The predicted octanol–water partition coefficient (Wildman–Crippen LogP) is 1.56. The molecule has 8 heteroatoms. The third kappa shape index (κ3) is 3.99. The Balaban J connectivity index is 1.60. The molecule has 0 atom stereocenters. The highest BCUT2D eigenvalue weighted by Crippen LogP contribution is 2.24. The monoisotopic (exact) mass is 408 g/mol. The zero-order valence-corrected chi connectivity index (χ0v) is 16.7. The average Bonchev–Trinajstić information content (AvgIpc) is 3.49. The second kappa shape index (κ2) is 8.16. The van der Waals surface area contributed by atoms with Gasteiger partial charge in [0.25, 0.3) is 17.4 Å². The van der Waals surface area contributed by atoms with Gasteiger partial charge < -0.3 is 25.3 Å². The second-order valence-corrected chi connectivity index (χ2v) is 7.64. The summed E-state index contributed by atoms with van der Waals surface area (Å²) in [7, 11) is 1.61. The quantitative estimate of drug-likeness (QED) is 0.474. The molecular formula is C22H24N4O4. The number of aliphatic hydroxyl groups is 1. The molecule has 2 amide bonds. The Morgan fingerprint density at radius 3 is 2.77 bits per heavy atom. The Kier molecular flexibility index (Phi) is 5.41. The Labute approximate surface area is 172 Å². The van der Waals surface area contributed by atoms with Gasteiger partial charge in [0.15, 0.2) is 0 Å². The first kappa shape index (κ1) is 19.9. The summed E-state index contributed by atoms with van der Waals surface area (Å²) in [6.07, 6.45) is 3.66. The molecule has 8 nitrogen and oxygen atoms in total. The molecule has 1 aliphatic carbocycles. The van der Waals surface area contributed by atoms with E-state index in [0.29, 0.717) is 6.42 Å². The van der Waals surface area contributed by atoms with Gasteiger partial charge in [-0.05, 0) is 25.0 Å². The van der Waals surface area contributed by atoms with Crippen molar-refractivity contribution < 1.29 is 14.7 Å². The van der Waals surface area contributed by atoms with Gasteiger partial charge in [0.1, 0.15) is 5.56 Å². The number of hydrogen-bond donors (Lipinski definition) is 4. The number of H-pyrrole nitrogens is 2. The molecule has 0 bridgehead atoms. The van der Waals surface area contributed by atoms with Crippen molar-refractivity contribution in [3.05, 3.63) is 69.3 Å². The van der Waals surface area contributed by atoms with Gasteiger partial charge in [-0.1, -0.05) is 18.2 Å². The minimum absolute atomic E-state index is 0.0185. The van der Waals surface area contributed by atoms with E-state index in [-0.39, 0.29) is 36.2 Å². The van der Waals surface area contributed by atoms with Crippen LogP contribution in [0.3, 0.4) is 0 Å². The smallest absolute Gasteiger partial charge is 0.260 e. The van der Waals surface area contributed by atoms with Gasteiger partial charge in [-0.2, -0.15) is 0 Å². The van der Waals surface area contributed by atoms with Gasteiger partial charge in [0.05, 0.1) is 5.56 Å². The van der Waals surface area contributed by atoms with Crippen molar-refractivity contribution in [3.8, 4) is 0 Å². The summed E-state index contributed by atoms with van der Waals surface area (Å²) < 4.78 is 0. The molecule has 156 valence electrons. The van der Waals surface area contributed by atoms with Crippen LogP contribution in [-0.4, -0.2) is 51.5 Å². The van der Waals surface area contributed by atoms with Crippen molar-refractivity contribution in [2.45, 2.75) is 31.8 Å². The van der Waals surface area contributed by atoms with Gasteiger partial charge in [-0.25, -0.2) is 0 Å². The number of para-hydroxylation sites is 1. The van der Waals surface area contributed by atoms with E-state index in [0.717, 1.165) is 35.0 Å². The molecule has 30 heavy (non-hydrogen) atoms. The maximum Gasteiger partial charge on any atom is 0.260 e. The van der Waals surface area contributed by atoms with Crippen LogP contribution >= 0.6 is 0 Å². The van der Waals surface area contributed by atoms with Crippen molar-refractivity contribution in [1.82, 2.24) is 20.2 Å². The van der Waals surface area contributed by atoms with Crippen LogP contribution in [0.1, 0.15) is 44.8 Å². The molecule has 4 N–H and O–H groups in total. The number of hydrogen-bond acceptors (Lipinski definition) is 4. The van der Waals surface area contributed by atoms with E-state index in [4.69, 9.17) is 0 Å². The van der Waals surface area contributed by atoms with E-state index in [9.17, 15) is 19.5 Å². The first-order valence-corrected chi connectivity index (χ1v) is 9.96. The molecule has 0 spiro atoms. The first-order chi connectivity index (χ1) is 14.5. The van der Waals surface area contributed by atoms with E-state index in [1.165, 1.54) is 17.2 Å². The minimum atomic E-state index is -0.538. The van der Waals surface area contributed by atoms with Gasteiger partial charge in [-0.3, -0.25) is 14.4 Å². The number of nitrogens with zero attached hydrogens (tertiary/aromatic N) is 1. The SMILES string of the molecule is CN(Cc1c(CCO)[nH]c2ccccc12)C(=O)c1cc(C(=O)NC2CC2)c[nH]c1=O. The van der Waals surface area contributed by atoms with Gasteiger partial charge in [0, 0.05) is 61.0 Å². The van der Waals surface area contributed by atoms with Gasteiger partial charge in [0.2, 0.25) is 0 Å². The van der Waals surface area contributed by atoms with Crippen LogP contribution in [0.15, 0.2) is 41.3 Å². The highest BCUT2D eigenvalue weighted by atomic mass is 16.3. The average molecular weight is 408 g/mol. The number of nitrogens with one attached hydrogen (secondary N) is 3. The highest BCUT2D eigenvalue weighted by molar-refractivity contribution is 5.99. The number of carbonyl (C=O) groups excluding carboxylic acids is 2. The molecule has 0 saturated heterocycles. The molecule has 2 heterocycles. The number of rotatable bonds is 7. The Bertz CT molecular complexity index is 1160. The molecule has 4 rings (SSSR count). The molecular weight excluding hydrogens is 384 g/mol. The molecule has 0 radical (unpaired) electrons. The largest absolute Gasteiger partial charge is 0.396 e. The van der Waals surface area contributed by atoms with Crippen molar-refractivity contribution >= 4 is 22.7 Å². The zero-order valence-electron chi connectivity index (χ0n) is 16.7. The third-order valence-corrected chi connectivity index (χ3v) is 5.31. The maximum absolute atomic E-state index is 13.0. The Morgan fingerprint density at radius 1 is 1.27 bits per heavy atom. The molecule has 3 aromatic rings. The van der Waals surface area contributed by atoms with E-state index < -0.39 is 11.5 Å². The number of benzene rings is 1. The van der Waals surface area contributed by atoms with Crippen molar-refractivity contribution in [2.24, 2.45) is 0 Å². The van der Waals surface area contributed by atoms with Crippen LogP contribution in [0.5, 0.6) is 0 Å². The zero-order chi connectivity index (χ0) is 21.3. The third-order valence-electron chi connectivity index (χ3n) is 5.31. The number of carbonyl (C=O) groups is 2. The number of aromatic amines is 2. The lowest BCUT2D eigenvalue weighted by molar-refractivity contribution is 0.0783. The van der Waals surface area contributed by atoms with Crippen LogP contribution in [0.4, 0.5) is 0 Å². The highest BCUT2D eigenvalue weighted by Gasteiger charge is 2.25. The summed E-state index contributed by atoms with van der Waals surface area (Å²) >= 11 is 0. The Morgan fingerprint density at radius 2 is 2.03 bits per heavy atom. The standard InChI is InChI=1S/C22H24N4O4/c1-26(12-17-15-4-2-3-5-18(15)25-19(17)8-9-27)22(30)16-10-13(11-23-21(16)29)20(28)24-14-6-7-14/h2-5,10-11,14,25,27H,6-9,12H2,1H3,(H,23,29)(H,24,28). The Hall–Kier alpha value is -3.39. The van der Waals surface area contributed by atoms with E-state index in [1.54, 1.807) is 7.05 Å². The van der Waals surface area contributed by atoms with Crippen molar-refractivity contribution in [3.63, 3.8) is 0 Å². The lowest BCUT2D eigenvalue weighted by atomic mass is 10.1. The fourth-order valence-corrected chi connectivity index (χ4v) is 3.55. The summed E-state index contributed by atoms with van der Waals surface area (Å²) in [4.78, 5) is 44.8. The number of aromatic nitrogens is 2. The summed E-state index contributed by atoms with van der Waals surface area (Å²) in [5.74, 6) is -0.773. The lowest BCUT2D eigenvalue weighted by Gasteiger charge is -2.18.